The van der Waals surface area contributed by atoms with Crippen LogP contribution >= 0.6 is 0 Å². The van der Waals surface area contributed by atoms with Gasteiger partial charge in [0.1, 0.15) is 0 Å². The molecule has 0 radical (unpaired) electrons. The summed E-state index contributed by atoms with van der Waals surface area (Å²) in [6, 6.07) is 11.7. The summed E-state index contributed by atoms with van der Waals surface area (Å²) in [6.07, 6.45) is 12.1. The molecule has 0 aromatic heterocycles. The van der Waals surface area contributed by atoms with Crippen LogP contribution in [0.5, 0.6) is 0 Å². The quantitative estimate of drug-likeness (QED) is 0.717. The van der Waals surface area contributed by atoms with Crippen molar-refractivity contribution in [2.45, 2.75) is 57.4 Å². The Morgan fingerprint density at radius 3 is 2.14 bits per heavy atom. The zero-order valence-corrected chi connectivity index (χ0v) is 18.5. The summed E-state index contributed by atoms with van der Waals surface area (Å²) in [6.45, 7) is 7.44. The lowest BCUT2D eigenvalue weighted by Crippen LogP contribution is -2.54. The number of piperazine rings is 1. The van der Waals surface area contributed by atoms with E-state index in [0.29, 0.717) is 6.04 Å². The van der Waals surface area contributed by atoms with Gasteiger partial charge < -0.3 is 10.2 Å². The lowest BCUT2D eigenvalue weighted by molar-refractivity contribution is -0.0626. The topological polar surface area (TPSA) is 18.5 Å². The Hall–Kier alpha value is -0.900. The van der Waals surface area contributed by atoms with Gasteiger partial charge >= 0.3 is 0 Å². The van der Waals surface area contributed by atoms with Gasteiger partial charge in [-0.3, -0.25) is 4.90 Å². The van der Waals surface area contributed by atoms with Gasteiger partial charge in [-0.1, -0.05) is 30.3 Å². The Balaban J connectivity index is 1.11. The molecule has 29 heavy (non-hydrogen) atoms. The molecule has 3 heteroatoms. The van der Waals surface area contributed by atoms with E-state index >= 15 is 0 Å². The number of hydrogen-bond donors (Lipinski definition) is 1. The third kappa shape index (κ3) is 4.57. The molecular formula is C26H41N3. The highest BCUT2D eigenvalue weighted by molar-refractivity contribution is 5.16. The molecule has 1 aliphatic heterocycles. The van der Waals surface area contributed by atoms with Gasteiger partial charge in [-0.25, -0.2) is 0 Å². The van der Waals surface area contributed by atoms with Crippen LogP contribution in [-0.4, -0.2) is 62.2 Å². The van der Waals surface area contributed by atoms with Gasteiger partial charge in [-0.15, -0.1) is 0 Å². The molecule has 0 unspecified atom stereocenters. The Morgan fingerprint density at radius 2 is 1.55 bits per heavy atom. The fourth-order valence-electron chi connectivity index (χ4n) is 7.80. The predicted molar refractivity (Wildman–Crippen MR) is 121 cm³/mol. The van der Waals surface area contributed by atoms with E-state index in [4.69, 9.17) is 0 Å². The third-order valence-electron chi connectivity index (χ3n) is 8.80. The van der Waals surface area contributed by atoms with Crippen LogP contribution in [0.3, 0.4) is 0 Å². The van der Waals surface area contributed by atoms with Crippen molar-refractivity contribution >= 4 is 0 Å². The maximum atomic E-state index is 3.44. The zero-order chi connectivity index (χ0) is 19.7. The van der Waals surface area contributed by atoms with Crippen molar-refractivity contribution in [3.63, 3.8) is 0 Å². The van der Waals surface area contributed by atoms with Crippen LogP contribution in [0.1, 0.15) is 50.5 Å². The summed E-state index contributed by atoms with van der Waals surface area (Å²) in [5, 5.41) is 3.44. The molecule has 1 heterocycles. The van der Waals surface area contributed by atoms with Gasteiger partial charge in [0.05, 0.1) is 0 Å². The van der Waals surface area contributed by atoms with Gasteiger partial charge in [0, 0.05) is 38.8 Å². The van der Waals surface area contributed by atoms with Crippen LogP contribution in [0.4, 0.5) is 0 Å². The number of rotatable bonds is 8. The Bertz CT molecular complexity index is 614. The van der Waals surface area contributed by atoms with E-state index in [9.17, 15) is 0 Å². The lowest BCUT2D eigenvalue weighted by Gasteiger charge is -2.57. The molecule has 6 rings (SSSR count). The first-order chi connectivity index (χ1) is 14.2. The molecule has 0 spiro atoms. The van der Waals surface area contributed by atoms with Gasteiger partial charge in [0.15, 0.2) is 0 Å². The minimum Gasteiger partial charge on any atom is -0.318 e. The molecule has 1 aromatic rings. The molecule has 5 fully saturated rings. The minimum absolute atomic E-state index is 0.618. The zero-order valence-electron chi connectivity index (χ0n) is 18.5. The summed E-state index contributed by atoms with van der Waals surface area (Å²) < 4.78 is 0. The van der Waals surface area contributed by atoms with Gasteiger partial charge in [-0.2, -0.15) is 0 Å². The SMILES string of the molecule is CNC[C@@H](Cc1ccccc1)N1CCN(CCC23CC4CC(CC(C4)C2)C3)CC1. The van der Waals surface area contributed by atoms with Crippen LogP contribution < -0.4 is 5.32 Å². The highest BCUT2D eigenvalue weighted by Gasteiger charge is 2.50. The highest BCUT2D eigenvalue weighted by atomic mass is 15.3. The van der Waals surface area contributed by atoms with Crippen LogP contribution in [0, 0.1) is 23.2 Å². The predicted octanol–water partition coefficient (Wildman–Crippen LogP) is 4.04. The Morgan fingerprint density at radius 1 is 0.931 bits per heavy atom. The highest BCUT2D eigenvalue weighted by Crippen LogP contribution is 2.61. The normalized spacial score (nSPS) is 35.8. The summed E-state index contributed by atoms with van der Waals surface area (Å²) in [5.74, 6) is 3.29. The second kappa shape index (κ2) is 8.69. The van der Waals surface area contributed by atoms with Gasteiger partial charge in [0.2, 0.25) is 0 Å². The molecule has 1 N–H and O–H groups in total. The van der Waals surface area contributed by atoms with E-state index < -0.39 is 0 Å². The molecule has 5 aliphatic rings. The number of nitrogens with one attached hydrogen (secondary N) is 1. The molecule has 3 nitrogen and oxygen atoms in total. The molecule has 4 bridgehead atoms. The standard InChI is InChI=1S/C26H41N3/c1-27-20-25(16-21-5-3-2-4-6-21)29-11-9-28(10-12-29)8-7-26-17-22-13-23(18-26)15-24(14-22)19-26/h2-6,22-25,27H,7-20H2,1H3/t22?,23?,24?,25-,26?/m1/s1. The third-order valence-corrected chi connectivity index (χ3v) is 8.80. The van der Waals surface area contributed by atoms with Crippen molar-refractivity contribution in [1.82, 2.24) is 15.1 Å². The number of hydrogen-bond acceptors (Lipinski definition) is 3. The van der Waals surface area contributed by atoms with E-state index in [-0.39, 0.29) is 0 Å². The van der Waals surface area contributed by atoms with Crippen LogP contribution in [-0.2, 0) is 6.42 Å². The molecule has 1 saturated heterocycles. The average Bonchev–Trinajstić information content (AvgIpc) is 2.72. The van der Waals surface area contributed by atoms with E-state index in [2.05, 4.69) is 52.5 Å². The van der Waals surface area contributed by atoms with Gasteiger partial charge in [0.25, 0.3) is 0 Å². The smallest absolute Gasteiger partial charge is 0.0261 e. The minimum atomic E-state index is 0.618. The molecular weight excluding hydrogens is 354 g/mol. The molecule has 4 aliphatic carbocycles. The molecule has 160 valence electrons. The Kier molecular flexibility index (Phi) is 6.00. The first-order valence-corrected chi connectivity index (χ1v) is 12.4. The summed E-state index contributed by atoms with van der Waals surface area (Å²) in [7, 11) is 2.10. The average molecular weight is 396 g/mol. The molecule has 0 amide bonds. The monoisotopic (exact) mass is 395 g/mol. The van der Waals surface area contributed by atoms with Crippen LogP contribution in [0.25, 0.3) is 0 Å². The molecule has 1 atom stereocenters. The second-order valence-corrected chi connectivity index (χ2v) is 10.9. The van der Waals surface area contributed by atoms with Gasteiger partial charge in [-0.05, 0) is 93.7 Å². The largest absolute Gasteiger partial charge is 0.318 e. The maximum absolute atomic E-state index is 3.44. The molecule has 4 saturated carbocycles. The van der Waals surface area contributed by atoms with Crippen molar-refractivity contribution in [3.05, 3.63) is 35.9 Å². The first kappa shape index (κ1) is 20.0. The van der Waals surface area contributed by atoms with Crippen molar-refractivity contribution in [2.75, 3.05) is 46.3 Å². The second-order valence-electron chi connectivity index (χ2n) is 10.9. The van der Waals surface area contributed by atoms with E-state index in [1.165, 1.54) is 44.7 Å². The van der Waals surface area contributed by atoms with Crippen molar-refractivity contribution < 1.29 is 0 Å². The fourth-order valence-corrected chi connectivity index (χ4v) is 7.80. The van der Waals surface area contributed by atoms with Crippen molar-refractivity contribution in [3.8, 4) is 0 Å². The maximum Gasteiger partial charge on any atom is 0.0261 e. The summed E-state index contributed by atoms with van der Waals surface area (Å²) in [4.78, 5) is 5.53. The number of nitrogens with zero attached hydrogens (tertiary/aromatic N) is 2. The Labute approximate surface area is 178 Å². The fraction of sp³-hybridized carbons (Fsp3) is 0.769. The lowest BCUT2D eigenvalue weighted by atomic mass is 9.49. The van der Waals surface area contributed by atoms with Crippen LogP contribution in [0.2, 0.25) is 0 Å². The van der Waals surface area contributed by atoms with Crippen LogP contribution in [0.15, 0.2) is 30.3 Å². The first-order valence-electron chi connectivity index (χ1n) is 12.4. The van der Waals surface area contributed by atoms with E-state index in [1.807, 2.05) is 0 Å². The molecule has 1 aromatic carbocycles. The number of benzene rings is 1. The summed E-state index contributed by atoms with van der Waals surface area (Å²) in [5.41, 5.74) is 2.21. The van der Waals surface area contributed by atoms with E-state index in [0.717, 1.165) is 36.1 Å². The van der Waals surface area contributed by atoms with Crippen molar-refractivity contribution in [2.24, 2.45) is 23.2 Å². The van der Waals surface area contributed by atoms with E-state index in [1.54, 1.807) is 38.5 Å². The summed E-state index contributed by atoms with van der Waals surface area (Å²) >= 11 is 0. The number of likely N-dealkylation sites (N-methyl/N-ethyl adjacent to an activating group) is 1. The van der Waals surface area contributed by atoms with Crippen molar-refractivity contribution in [1.29, 1.82) is 0 Å².